The van der Waals surface area contributed by atoms with Gasteiger partial charge >= 0.3 is 8.56 Å². The summed E-state index contributed by atoms with van der Waals surface area (Å²) in [6.45, 7) is 10.3. The molecule has 0 bridgehead atoms. The van der Waals surface area contributed by atoms with Crippen LogP contribution in [0.2, 0.25) is 12.1 Å². The van der Waals surface area contributed by atoms with Crippen LogP contribution in [0.25, 0.3) is 0 Å². The third-order valence-corrected chi connectivity index (χ3v) is 7.25. The van der Waals surface area contributed by atoms with Crippen LogP contribution in [-0.2, 0) is 8.85 Å². The molecule has 18 heavy (non-hydrogen) atoms. The van der Waals surface area contributed by atoms with Gasteiger partial charge < -0.3 is 8.85 Å². The van der Waals surface area contributed by atoms with Crippen molar-refractivity contribution in [2.45, 2.75) is 84.7 Å². The molecule has 0 aromatic carbocycles. The summed E-state index contributed by atoms with van der Waals surface area (Å²) < 4.78 is 12.2. The average molecular weight is 275 g/mol. The Bertz CT molecular complexity index is 168. The molecular weight excluding hydrogens is 240 g/mol. The zero-order valence-electron chi connectivity index (χ0n) is 13.1. The molecule has 0 rings (SSSR count). The Labute approximate surface area is 116 Å². The number of hydrogen-bond acceptors (Lipinski definition) is 2. The van der Waals surface area contributed by atoms with Crippen molar-refractivity contribution in [1.29, 1.82) is 0 Å². The van der Waals surface area contributed by atoms with E-state index in [1.165, 1.54) is 57.0 Å². The summed E-state index contributed by atoms with van der Waals surface area (Å²) >= 11 is 0. The monoisotopic (exact) mass is 274 g/mol. The highest BCUT2D eigenvalue weighted by molar-refractivity contribution is 6.67. The highest BCUT2D eigenvalue weighted by Crippen LogP contribution is 2.25. The zero-order chi connectivity index (χ0) is 13.7. The van der Waals surface area contributed by atoms with Crippen molar-refractivity contribution in [1.82, 2.24) is 0 Å². The van der Waals surface area contributed by atoms with E-state index in [-0.39, 0.29) is 0 Å². The van der Waals surface area contributed by atoms with Gasteiger partial charge in [-0.3, -0.25) is 0 Å². The van der Waals surface area contributed by atoms with Crippen molar-refractivity contribution in [3.8, 4) is 0 Å². The van der Waals surface area contributed by atoms with Gasteiger partial charge in [0.25, 0.3) is 0 Å². The first kappa shape index (κ1) is 18.1. The first-order chi connectivity index (χ1) is 8.74. The van der Waals surface area contributed by atoms with E-state index in [4.69, 9.17) is 8.85 Å². The number of hydrogen-bond donors (Lipinski definition) is 0. The molecule has 2 nitrogen and oxygen atoms in total. The predicted octanol–water partition coefficient (Wildman–Crippen LogP) is 5.27. The average Bonchev–Trinajstić information content (AvgIpc) is 2.37. The summed E-state index contributed by atoms with van der Waals surface area (Å²) in [6.07, 6.45) is 9.17. The van der Waals surface area contributed by atoms with Gasteiger partial charge in [-0.1, -0.05) is 58.8 Å². The molecule has 0 aliphatic carbocycles. The molecule has 0 unspecified atom stereocenters. The fraction of sp³-hybridized carbons (Fsp3) is 1.00. The Morgan fingerprint density at radius 1 is 0.611 bits per heavy atom. The van der Waals surface area contributed by atoms with Crippen LogP contribution in [-0.4, -0.2) is 21.8 Å². The SMILES string of the molecule is CCCCCCC[Si](CCCC)(OCC)OCC. The second-order valence-electron chi connectivity index (χ2n) is 5.04. The van der Waals surface area contributed by atoms with Gasteiger partial charge in [-0.2, -0.15) is 0 Å². The lowest BCUT2D eigenvalue weighted by Crippen LogP contribution is -2.42. The maximum atomic E-state index is 6.10. The molecule has 0 amide bonds. The maximum Gasteiger partial charge on any atom is 0.338 e. The molecule has 0 heterocycles. The molecule has 0 spiro atoms. The van der Waals surface area contributed by atoms with Gasteiger partial charge in [0.1, 0.15) is 0 Å². The van der Waals surface area contributed by atoms with Crippen molar-refractivity contribution in [2.75, 3.05) is 13.2 Å². The summed E-state index contributed by atoms with van der Waals surface area (Å²) in [4.78, 5) is 0. The van der Waals surface area contributed by atoms with Gasteiger partial charge in [-0.15, -0.1) is 0 Å². The van der Waals surface area contributed by atoms with Crippen LogP contribution in [0.4, 0.5) is 0 Å². The molecule has 0 N–H and O–H groups in total. The molecule has 0 fully saturated rings. The molecule has 0 radical (unpaired) electrons. The lowest BCUT2D eigenvalue weighted by molar-refractivity contribution is 0.180. The van der Waals surface area contributed by atoms with Gasteiger partial charge in [0.2, 0.25) is 0 Å². The molecule has 0 aliphatic rings. The van der Waals surface area contributed by atoms with Crippen LogP contribution >= 0.6 is 0 Å². The van der Waals surface area contributed by atoms with E-state index in [0.29, 0.717) is 0 Å². The molecule has 0 aromatic rings. The summed E-state index contributed by atoms with van der Waals surface area (Å²) in [5.41, 5.74) is 0. The van der Waals surface area contributed by atoms with Crippen LogP contribution in [0.3, 0.4) is 0 Å². The van der Waals surface area contributed by atoms with E-state index in [0.717, 1.165) is 13.2 Å². The van der Waals surface area contributed by atoms with Gasteiger partial charge in [-0.05, 0) is 25.9 Å². The minimum atomic E-state index is -1.88. The van der Waals surface area contributed by atoms with Crippen LogP contribution in [0.1, 0.15) is 72.6 Å². The maximum absolute atomic E-state index is 6.10. The van der Waals surface area contributed by atoms with Crippen molar-refractivity contribution in [3.05, 3.63) is 0 Å². The van der Waals surface area contributed by atoms with Crippen molar-refractivity contribution in [3.63, 3.8) is 0 Å². The van der Waals surface area contributed by atoms with Gasteiger partial charge in [0.05, 0.1) is 0 Å². The highest BCUT2D eigenvalue weighted by Gasteiger charge is 2.35. The first-order valence-electron chi connectivity index (χ1n) is 8.02. The number of unbranched alkanes of at least 4 members (excludes halogenated alkanes) is 5. The van der Waals surface area contributed by atoms with E-state index >= 15 is 0 Å². The van der Waals surface area contributed by atoms with E-state index < -0.39 is 8.56 Å². The molecule has 110 valence electrons. The summed E-state index contributed by atoms with van der Waals surface area (Å²) in [5, 5.41) is 0. The largest absolute Gasteiger partial charge is 0.394 e. The standard InChI is InChI=1S/C15H34O2Si/c1-5-9-11-12-13-15-18(16-7-3,17-8-4)14-10-6-2/h5-15H2,1-4H3. The second-order valence-corrected chi connectivity index (χ2v) is 8.44. The minimum Gasteiger partial charge on any atom is -0.394 e. The molecular formula is C15H34O2Si. The quantitative estimate of drug-likeness (QED) is 0.336. The minimum absolute atomic E-state index is 0.810. The van der Waals surface area contributed by atoms with E-state index in [2.05, 4.69) is 27.7 Å². The molecule has 0 atom stereocenters. The predicted molar refractivity (Wildman–Crippen MR) is 82.3 cm³/mol. The van der Waals surface area contributed by atoms with Crippen molar-refractivity contribution in [2.24, 2.45) is 0 Å². The Hall–Kier alpha value is 0.137. The summed E-state index contributed by atoms with van der Waals surface area (Å²) in [7, 11) is -1.88. The first-order valence-corrected chi connectivity index (χ1v) is 10.3. The van der Waals surface area contributed by atoms with Crippen LogP contribution in [0.5, 0.6) is 0 Å². The van der Waals surface area contributed by atoms with E-state index in [1.54, 1.807) is 0 Å². The topological polar surface area (TPSA) is 18.5 Å². The van der Waals surface area contributed by atoms with Crippen LogP contribution in [0.15, 0.2) is 0 Å². The lowest BCUT2D eigenvalue weighted by Gasteiger charge is -2.30. The Morgan fingerprint density at radius 2 is 1.11 bits per heavy atom. The molecule has 0 saturated heterocycles. The van der Waals surface area contributed by atoms with Crippen molar-refractivity contribution < 1.29 is 8.85 Å². The lowest BCUT2D eigenvalue weighted by atomic mass is 10.2. The summed E-state index contributed by atoms with van der Waals surface area (Å²) in [6, 6.07) is 2.37. The van der Waals surface area contributed by atoms with Gasteiger partial charge in [0.15, 0.2) is 0 Å². The Morgan fingerprint density at radius 3 is 1.61 bits per heavy atom. The fourth-order valence-corrected chi connectivity index (χ4v) is 6.07. The zero-order valence-corrected chi connectivity index (χ0v) is 14.1. The Kier molecular flexibility index (Phi) is 12.3. The third-order valence-electron chi connectivity index (χ3n) is 3.39. The fourth-order valence-electron chi connectivity index (χ4n) is 2.43. The Balaban J connectivity index is 4.14. The van der Waals surface area contributed by atoms with E-state index in [9.17, 15) is 0 Å². The highest BCUT2D eigenvalue weighted by atomic mass is 28.4. The summed E-state index contributed by atoms with van der Waals surface area (Å²) in [5.74, 6) is 0. The molecule has 0 saturated carbocycles. The molecule has 0 aromatic heterocycles. The van der Waals surface area contributed by atoms with Gasteiger partial charge in [-0.25, -0.2) is 0 Å². The second kappa shape index (κ2) is 12.2. The normalized spacial score (nSPS) is 12.0. The van der Waals surface area contributed by atoms with Gasteiger partial charge in [0, 0.05) is 13.2 Å². The van der Waals surface area contributed by atoms with E-state index in [1.807, 2.05) is 0 Å². The molecule has 0 aliphatic heterocycles. The van der Waals surface area contributed by atoms with Crippen LogP contribution < -0.4 is 0 Å². The smallest absolute Gasteiger partial charge is 0.338 e. The number of rotatable bonds is 13. The van der Waals surface area contributed by atoms with Crippen LogP contribution in [0, 0.1) is 0 Å². The molecule has 3 heteroatoms. The van der Waals surface area contributed by atoms with Crippen molar-refractivity contribution >= 4 is 8.56 Å². The third kappa shape index (κ3) is 8.28.